The van der Waals surface area contributed by atoms with Crippen molar-refractivity contribution in [2.24, 2.45) is 5.92 Å². The first-order chi connectivity index (χ1) is 9.54. The third-order valence-corrected chi connectivity index (χ3v) is 3.06. The molecule has 2 rings (SSSR count). The number of hydrogen-bond acceptors (Lipinski definition) is 3. The first kappa shape index (κ1) is 14.7. The standard InChI is InChI=1S/C15H21FN4/c1-11(2)7-17-8-15-18-10-20(19-15)9-13-4-5-14(16)6-12(13)3/h4-6,10-11,17H,7-9H2,1-3H3. The molecule has 0 unspecified atom stereocenters. The molecule has 1 aromatic heterocycles. The quantitative estimate of drug-likeness (QED) is 0.881. The van der Waals surface area contributed by atoms with Crippen molar-refractivity contribution < 1.29 is 4.39 Å². The second-order valence-corrected chi connectivity index (χ2v) is 5.45. The fourth-order valence-electron chi connectivity index (χ4n) is 1.97. The van der Waals surface area contributed by atoms with Crippen LogP contribution in [-0.4, -0.2) is 21.3 Å². The second kappa shape index (κ2) is 6.61. The molecule has 0 radical (unpaired) electrons. The summed E-state index contributed by atoms with van der Waals surface area (Å²) < 4.78 is 14.8. The molecule has 0 spiro atoms. The summed E-state index contributed by atoms with van der Waals surface area (Å²) in [6, 6.07) is 4.81. The Bertz CT molecular complexity index is 563. The number of nitrogens with zero attached hydrogens (tertiary/aromatic N) is 3. The van der Waals surface area contributed by atoms with Gasteiger partial charge in [0, 0.05) is 0 Å². The number of rotatable bonds is 6. The highest BCUT2D eigenvalue weighted by molar-refractivity contribution is 5.26. The molecule has 0 aliphatic rings. The zero-order chi connectivity index (χ0) is 14.5. The molecule has 1 aromatic carbocycles. The van der Waals surface area contributed by atoms with E-state index in [9.17, 15) is 4.39 Å². The second-order valence-electron chi connectivity index (χ2n) is 5.45. The van der Waals surface area contributed by atoms with Crippen LogP contribution in [0.4, 0.5) is 4.39 Å². The van der Waals surface area contributed by atoms with Gasteiger partial charge in [0.2, 0.25) is 0 Å². The molecule has 0 saturated heterocycles. The monoisotopic (exact) mass is 276 g/mol. The zero-order valence-corrected chi connectivity index (χ0v) is 12.2. The normalized spacial score (nSPS) is 11.2. The van der Waals surface area contributed by atoms with Gasteiger partial charge >= 0.3 is 0 Å². The molecule has 1 N–H and O–H groups in total. The van der Waals surface area contributed by atoms with Gasteiger partial charge in [0.15, 0.2) is 5.82 Å². The molecule has 0 atom stereocenters. The number of aryl methyl sites for hydroxylation is 1. The highest BCUT2D eigenvalue weighted by atomic mass is 19.1. The van der Waals surface area contributed by atoms with Gasteiger partial charge in [-0.25, -0.2) is 14.1 Å². The number of halogens is 1. The summed E-state index contributed by atoms with van der Waals surface area (Å²) in [6.07, 6.45) is 1.72. The van der Waals surface area contributed by atoms with Crippen LogP contribution >= 0.6 is 0 Å². The van der Waals surface area contributed by atoms with Gasteiger partial charge in [-0.2, -0.15) is 5.10 Å². The van der Waals surface area contributed by atoms with Crippen LogP contribution in [0.1, 0.15) is 30.8 Å². The molecule has 0 amide bonds. The number of hydrogen-bond donors (Lipinski definition) is 1. The van der Waals surface area contributed by atoms with E-state index in [0.29, 0.717) is 19.0 Å². The van der Waals surface area contributed by atoms with Gasteiger partial charge in [-0.15, -0.1) is 0 Å². The van der Waals surface area contributed by atoms with E-state index < -0.39 is 0 Å². The van der Waals surface area contributed by atoms with Crippen LogP contribution in [0.5, 0.6) is 0 Å². The number of aromatic nitrogens is 3. The number of nitrogens with one attached hydrogen (secondary N) is 1. The summed E-state index contributed by atoms with van der Waals surface area (Å²) in [5.41, 5.74) is 1.98. The first-order valence-electron chi connectivity index (χ1n) is 6.88. The Labute approximate surface area is 119 Å². The Morgan fingerprint density at radius 1 is 1.35 bits per heavy atom. The Kier molecular flexibility index (Phi) is 4.84. The Morgan fingerprint density at radius 2 is 2.15 bits per heavy atom. The topological polar surface area (TPSA) is 42.7 Å². The molecule has 20 heavy (non-hydrogen) atoms. The van der Waals surface area contributed by atoms with Crippen molar-refractivity contribution in [1.82, 2.24) is 20.1 Å². The number of benzene rings is 1. The van der Waals surface area contributed by atoms with Crippen LogP contribution < -0.4 is 5.32 Å². The predicted molar refractivity (Wildman–Crippen MR) is 76.8 cm³/mol. The lowest BCUT2D eigenvalue weighted by Crippen LogP contribution is -2.19. The van der Waals surface area contributed by atoms with Crippen molar-refractivity contribution in [3.05, 3.63) is 47.3 Å². The van der Waals surface area contributed by atoms with Crippen molar-refractivity contribution in [3.63, 3.8) is 0 Å². The Balaban J connectivity index is 1.95. The highest BCUT2D eigenvalue weighted by Crippen LogP contribution is 2.11. The first-order valence-corrected chi connectivity index (χ1v) is 6.88. The molecule has 5 heteroatoms. The summed E-state index contributed by atoms with van der Waals surface area (Å²) in [5, 5.41) is 7.72. The minimum Gasteiger partial charge on any atom is -0.310 e. The largest absolute Gasteiger partial charge is 0.310 e. The molecule has 0 bridgehead atoms. The maximum Gasteiger partial charge on any atom is 0.164 e. The Hall–Kier alpha value is -1.75. The summed E-state index contributed by atoms with van der Waals surface area (Å²) >= 11 is 0. The average Bonchev–Trinajstić information content (AvgIpc) is 2.80. The minimum atomic E-state index is -0.205. The summed E-state index contributed by atoms with van der Waals surface area (Å²) in [6.45, 7) is 8.47. The molecule has 108 valence electrons. The lowest BCUT2D eigenvalue weighted by molar-refractivity contribution is 0.539. The molecule has 0 aliphatic carbocycles. The van der Waals surface area contributed by atoms with Gasteiger partial charge in [0.05, 0.1) is 13.1 Å². The molecule has 0 saturated carbocycles. The van der Waals surface area contributed by atoms with Gasteiger partial charge in [0.1, 0.15) is 12.1 Å². The SMILES string of the molecule is Cc1cc(F)ccc1Cn1cnc(CNCC(C)C)n1. The van der Waals surface area contributed by atoms with Crippen molar-refractivity contribution >= 4 is 0 Å². The third-order valence-electron chi connectivity index (χ3n) is 3.06. The van der Waals surface area contributed by atoms with Crippen LogP contribution in [0.15, 0.2) is 24.5 Å². The van der Waals surface area contributed by atoms with E-state index in [-0.39, 0.29) is 5.82 Å². The summed E-state index contributed by atoms with van der Waals surface area (Å²) in [7, 11) is 0. The maximum absolute atomic E-state index is 13.1. The van der Waals surface area contributed by atoms with Crippen molar-refractivity contribution in [2.75, 3.05) is 6.54 Å². The summed E-state index contributed by atoms with van der Waals surface area (Å²) in [4.78, 5) is 4.27. The van der Waals surface area contributed by atoms with E-state index in [0.717, 1.165) is 23.5 Å². The minimum absolute atomic E-state index is 0.205. The predicted octanol–water partition coefficient (Wildman–Crippen LogP) is 2.52. The van der Waals surface area contributed by atoms with Gasteiger partial charge < -0.3 is 5.32 Å². The van der Waals surface area contributed by atoms with E-state index in [1.54, 1.807) is 17.1 Å². The lowest BCUT2D eigenvalue weighted by Gasteiger charge is -2.06. The van der Waals surface area contributed by atoms with Crippen molar-refractivity contribution in [2.45, 2.75) is 33.9 Å². The van der Waals surface area contributed by atoms with E-state index in [1.165, 1.54) is 12.1 Å². The van der Waals surface area contributed by atoms with Gasteiger partial charge in [-0.3, -0.25) is 0 Å². The summed E-state index contributed by atoms with van der Waals surface area (Å²) in [5.74, 6) is 1.19. The van der Waals surface area contributed by atoms with Crippen LogP contribution in [0.3, 0.4) is 0 Å². The smallest absolute Gasteiger partial charge is 0.164 e. The highest BCUT2D eigenvalue weighted by Gasteiger charge is 2.05. The van der Waals surface area contributed by atoms with E-state index in [2.05, 4.69) is 29.2 Å². The molecular weight excluding hydrogens is 255 g/mol. The lowest BCUT2D eigenvalue weighted by atomic mass is 10.1. The van der Waals surface area contributed by atoms with E-state index in [4.69, 9.17) is 0 Å². The van der Waals surface area contributed by atoms with E-state index >= 15 is 0 Å². The van der Waals surface area contributed by atoms with Crippen LogP contribution in [0.2, 0.25) is 0 Å². The van der Waals surface area contributed by atoms with Gasteiger partial charge in [-0.05, 0) is 42.6 Å². The van der Waals surface area contributed by atoms with Gasteiger partial charge in [-0.1, -0.05) is 19.9 Å². The van der Waals surface area contributed by atoms with Crippen LogP contribution in [0.25, 0.3) is 0 Å². The zero-order valence-electron chi connectivity index (χ0n) is 12.2. The van der Waals surface area contributed by atoms with Crippen LogP contribution in [-0.2, 0) is 13.1 Å². The third kappa shape index (κ3) is 4.13. The average molecular weight is 276 g/mol. The van der Waals surface area contributed by atoms with E-state index in [1.807, 2.05) is 6.92 Å². The maximum atomic E-state index is 13.1. The van der Waals surface area contributed by atoms with Crippen LogP contribution in [0, 0.1) is 18.7 Å². The van der Waals surface area contributed by atoms with Gasteiger partial charge in [0.25, 0.3) is 0 Å². The molecule has 4 nitrogen and oxygen atoms in total. The molecular formula is C15H21FN4. The fourth-order valence-corrected chi connectivity index (χ4v) is 1.97. The fraction of sp³-hybridized carbons (Fsp3) is 0.467. The molecule has 0 fully saturated rings. The molecule has 1 heterocycles. The van der Waals surface area contributed by atoms with Crippen molar-refractivity contribution in [3.8, 4) is 0 Å². The molecule has 0 aliphatic heterocycles. The Morgan fingerprint density at radius 3 is 2.85 bits per heavy atom. The van der Waals surface area contributed by atoms with Crippen molar-refractivity contribution in [1.29, 1.82) is 0 Å². The molecule has 2 aromatic rings.